The van der Waals surface area contributed by atoms with Gasteiger partial charge in [-0.2, -0.15) is 4.98 Å². The molecule has 1 atom stereocenters. The van der Waals surface area contributed by atoms with E-state index in [4.69, 9.17) is 10.3 Å². The molecule has 1 aromatic rings. The summed E-state index contributed by atoms with van der Waals surface area (Å²) in [4.78, 5) is 4.15. The van der Waals surface area contributed by atoms with E-state index in [-0.39, 0.29) is 11.6 Å². The van der Waals surface area contributed by atoms with Crippen LogP contribution in [0.4, 0.5) is 0 Å². The van der Waals surface area contributed by atoms with Crippen LogP contribution in [0.25, 0.3) is 0 Å². The first-order valence-electron chi connectivity index (χ1n) is 5.87. The van der Waals surface area contributed by atoms with E-state index >= 15 is 0 Å². The number of nitrogens with zero attached hydrogens (tertiary/aromatic N) is 2. The maximum atomic E-state index is 11.9. The van der Waals surface area contributed by atoms with Crippen LogP contribution in [0.1, 0.15) is 42.6 Å². The molecule has 7 heteroatoms. The quantitative estimate of drug-likeness (QED) is 0.850. The molecule has 0 bridgehead atoms. The van der Waals surface area contributed by atoms with E-state index in [2.05, 4.69) is 10.1 Å². The fourth-order valence-corrected chi connectivity index (χ4v) is 3.81. The van der Waals surface area contributed by atoms with Crippen molar-refractivity contribution >= 4 is 9.84 Å². The van der Waals surface area contributed by atoms with Crippen LogP contribution in [0.15, 0.2) is 4.52 Å². The summed E-state index contributed by atoms with van der Waals surface area (Å²) in [6.07, 6.45) is 3.61. The van der Waals surface area contributed by atoms with Crippen LogP contribution in [-0.2, 0) is 16.3 Å². The summed E-state index contributed by atoms with van der Waals surface area (Å²) in [7, 11) is -3.10. The van der Waals surface area contributed by atoms with Crippen molar-refractivity contribution in [2.45, 2.75) is 37.4 Å². The van der Waals surface area contributed by atoms with E-state index in [0.29, 0.717) is 25.2 Å². The van der Waals surface area contributed by atoms with Gasteiger partial charge in [0, 0.05) is 6.42 Å². The lowest BCUT2D eigenvalue weighted by Gasteiger charge is -2.18. The van der Waals surface area contributed by atoms with Gasteiger partial charge in [-0.1, -0.05) is 11.6 Å². The molecule has 96 valence electrons. The third kappa shape index (κ3) is 2.84. The molecule has 0 radical (unpaired) electrons. The van der Waals surface area contributed by atoms with Crippen molar-refractivity contribution < 1.29 is 12.9 Å². The third-order valence-corrected chi connectivity index (χ3v) is 5.10. The Morgan fingerprint density at radius 1 is 1.41 bits per heavy atom. The molecule has 1 unspecified atom stereocenters. The Hall–Kier alpha value is -0.950. The molecular formula is C10H17N3O3S. The molecule has 1 saturated heterocycles. The van der Waals surface area contributed by atoms with Crippen LogP contribution < -0.4 is 5.73 Å². The van der Waals surface area contributed by atoms with Gasteiger partial charge in [-0.3, -0.25) is 0 Å². The van der Waals surface area contributed by atoms with Crippen molar-refractivity contribution in [2.75, 3.05) is 12.3 Å². The number of hydrogen-bond acceptors (Lipinski definition) is 6. The Morgan fingerprint density at radius 2 is 2.24 bits per heavy atom. The highest BCUT2D eigenvalue weighted by Gasteiger charge is 2.34. The minimum absolute atomic E-state index is 0.220. The van der Waals surface area contributed by atoms with Crippen LogP contribution in [0.3, 0.4) is 0 Å². The molecule has 1 aromatic heterocycles. The van der Waals surface area contributed by atoms with Gasteiger partial charge >= 0.3 is 0 Å². The molecule has 0 spiro atoms. The Kier molecular flexibility index (Phi) is 3.78. The number of aromatic nitrogens is 2. The summed E-state index contributed by atoms with van der Waals surface area (Å²) in [6.45, 7) is 0.561. The number of aryl methyl sites for hydroxylation is 1. The smallest absolute Gasteiger partial charge is 0.244 e. The van der Waals surface area contributed by atoms with Gasteiger partial charge in [0.1, 0.15) is 5.25 Å². The Morgan fingerprint density at radius 3 is 2.94 bits per heavy atom. The zero-order valence-electron chi connectivity index (χ0n) is 9.63. The topological polar surface area (TPSA) is 99.1 Å². The van der Waals surface area contributed by atoms with Gasteiger partial charge in [-0.05, 0) is 25.8 Å². The van der Waals surface area contributed by atoms with Gasteiger partial charge in [0.25, 0.3) is 0 Å². The van der Waals surface area contributed by atoms with Crippen LogP contribution in [-0.4, -0.2) is 30.9 Å². The van der Waals surface area contributed by atoms with Crippen molar-refractivity contribution in [1.82, 2.24) is 10.1 Å². The van der Waals surface area contributed by atoms with Crippen LogP contribution in [0, 0.1) is 0 Å². The van der Waals surface area contributed by atoms with Crippen molar-refractivity contribution in [1.29, 1.82) is 0 Å². The highest BCUT2D eigenvalue weighted by Crippen LogP contribution is 2.32. The molecule has 2 heterocycles. The van der Waals surface area contributed by atoms with Gasteiger partial charge in [0.05, 0.1) is 5.75 Å². The van der Waals surface area contributed by atoms with Gasteiger partial charge in [-0.15, -0.1) is 0 Å². The number of rotatable bonds is 4. The highest BCUT2D eigenvalue weighted by molar-refractivity contribution is 7.91. The molecule has 1 aliphatic heterocycles. The third-order valence-electron chi connectivity index (χ3n) is 2.94. The van der Waals surface area contributed by atoms with Crippen molar-refractivity contribution in [3.8, 4) is 0 Å². The van der Waals surface area contributed by atoms with Crippen LogP contribution in [0.5, 0.6) is 0 Å². The number of sulfone groups is 1. The fourth-order valence-electron chi connectivity index (χ4n) is 1.99. The second-order valence-corrected chi connectivity index (χ2v) is 6.60. The standard InChI is InChI=1S/C10H17N3O3S/c11-6-3-5-9-12-10(16-13-9)8-4-1-2-7-17(8,14)15/h8H,1-7,11H2. The molecule has 2 N–H and O–H groups in total. The van der Waals surface area contributed by atoms with Crippen LogP contribution in [0.2, 0.25) is 0 Å². The molecule has 0 saturated carbocycles. The lowest BCUT2D eigenvalue weighted by atomic mass is 10.2. The maximum absolute atomic E-state index is 11.9. The second-order valence-electron chi connectivity index (χ2n) is 4.29. The fraction of sp³-hybridized carbons (Fsp3) is 0.800. The number of nitrogens with two attached hydrogens (primary N) is 1. The molecule has 0 aromatic carbocycles. The van der Waals surface area contributed by atoms with Gasteiger partial charge < -0.3 is 10.3 Å². The Balaban J connectivity index is 2.13. The SMILES string of the molecule is NCCCc1noc(C2CCCCS2(=O)=O)n1. The van der Waals surface area contributed by atoms with Gasteiger partial charge in [-0.25, -0.2) is 8.42 Å². The van der Waals surface area contributed by atoms with E-state index in [0.717, 1.165) is 19.3 Å². The largest absolute Gasteiger partial charge is 0.338 e. The van der Waals surface area contributed by atoms with Gasteiger partial charge in [0.15, 0.2) is 15.7 Å². The maximum Gasteiger partial charge on any atom is 0.244 e. The first-order chi connectivity index (χ1) is 8.13. The van der Waals surface area contributed by atoms with Gasteiger partial charge in [0.2, 0.25) is 5.89 Å². The predicted molar refractivity (Wildman–Crippen MR) is 62.1 cm³/mol. The van der Waals surface area contributed by atoms with Crippen LogP contribution >= 0.6 is 0 Å². The average molecular weight is 259 g/mol. The molecule has 17 heavy (non-hydrogen) atoms. The molecule has 1 aliphatic rings. The minimum Gasteiger partial charge on any atom is -0.338 e. The summed E-state index contributed by atoms with van der Waals surface area (Å²) in [5.74, 6) is 1.01. The summed E-state index contributed by atoms with van der Waals surface area (Å²) in [5, 5.41) is 3.19. The summed E-state index contributed by atoms with van der Waals surface area (Å²) < 4.78 is 28.8. The normalized spacial score (nSPS) is 23.7. The van der Waals surface area contributed by atoms with E-state index in [9.17, 15) is 8.42 Å². The van der Waals surface area contributed by atoms with Crippen molar-refractivity contribution in [3.63, 3.8) is 0 Å². The van der Waals surface area contributed by atoms with Crippen molar-refractivity contribution in [3.05, 3.63) is 11.7 Å². The van der Waals surface area contributed by atoms with Crippen molar-refractivity contribution in [2.24, 2.45) is 5.73 Å². The zero-order chi connectivity index (χ0) is 12.3. The summed E-state index contributed by atoms with van der Waals surface area (Å²) >= 11 is 0. The number of hydrogen-bond donors (Lipinski definition) is 1. The summed E-state index contributed by atoms with van der Waals surface area (Å²) in [5.41, 5.74) is 5.39. The Labute approximate surface area is 100 Å². The van der Waals surface area contributed by atoms with E-state index in [1.54, 1.807) is 0 Å². The zero-order valence-corrected chi connectivity index (χ0v) is 10.4. The Bertz CT molecular complexity index is 469. The monoisotopic (exact) mass is 259 g/mol. The average Bonchev–Trinajstić information content (AvgIpc) is 2.74. The highest BCUT2D eigenvalue weighted by atomic mass is 32.2. The molecule has 1 fully saturated rings. The lowest BCUT2D eigenvalue weighted by molar-refractivity contribution is 0.359. The van der Waals surface area contributed by atoms with E-state index in [1.807, 2.05) is 0 Å². The second kappa shape index (κ2) is 5.14. The lowest BCUT2D eigenvalue weighted by Crippen LogP contribution is -2.21. The molecule has 0 amide bonds. The molecular weight excluding hydrogens is 242 g/mol. The molecule has 2 rings (SSSR count). The summed E-state index contributed by atoms with van der Waals surface area (Å²) in [6, 6.07) is 0. The van der Waals surface area contributed by atoms with E-state index < -0.39 is 15.1 Å². The first kappa shape index (κ1) is 12.5. The van der Waals surface area contributed by atoms with E-state index in [1.165, 1.54) is 0 Å². The molecule has 6 nitrogen and oxygen atoms in total. The first-order valence-corrected chi connectivity index (χ1v) is 7.59. The molecule has 0 aliphatic carbocycles. The minimum atomic E-state index is -3.10. The predicted octanol–water partition coefficient (Wildman–Crippen LogP) is 0.601.